The summed E-state index contributed by atoms with van der Waals surface area (Å²) in [6.45, 7) is 2.62. The summed E-state index contributed by atoms with van der Waals surface area (Å²) in [7, 11) is 1.64. The van der Waals surface area contributed by atoms with Gasteiger partial charge in [-0.05, 0) is 24.1 Å². The largest absolute Gasteiger partial charge is 0.497 e. The molecule has 0 aliphatic heterocycles. The smallest absolute Gasteiger partial charge is 0.306 e. The molecule has 33 heavy (non-hydrogen) atoms. The lowest BCUT2D eigenvalue weighted by Crippen LogP contribution is -2.04. The molecule has 0 N–H and O–H groups in total. The Kier molecular flexibility index (Phi) is 19.9. The minimum Gasteiger partial charge on any atom is -0.497 e. The maximum atomic E-state index is 11.9. The Labute approximate surface area is 205 Å². The Hall–Kier alpha value is -1.51. The summed E-state index contributed by atoms with van der Waals surface area (Å²) in [5, 5.41) is 0. The average Bonchev–Trinajstić information content (AvgIpc) is 2.84. The number of unbranched alkanes of at least 4 members (excludes halogenated alkanes) is 18. The van der Waals surface area contributed by atoms with Crippen molar-refractivity contribution in [2.45, 2.75) is 142 Å². The van der Waals surface area contributed by atoms with Gasteiger partial charge in [0.2, 0.25) is 0 Å². The van der Waals surface area contributed by atoms with Gasteiger partial charge >= 0.3 is 5.97 Å². The summed E-state index contributed by atoms with van der Waals surface area (Å²) < 4.78 is 10.6. The zero-order chi connectivity index (χ0) is 23.8. The normalized spacial score (nSPS) is 11.0. The summed E-state index contributed by atoms with van der Waals surface area (Å²) in [5.74, 6) is 0.701. The van der Waals surface area contributed by atoms with Gasteiger partial charge in [0.1, 0.15) is 12.4 Å². The van der Waals surface area contributed by atoms with E-state index in [1.54, 1.807) is 7.11 Å². The Morgan fingerprint density at radius 2 is 1.12 bits per heavy atom. The molecule has 0 unspecified atom stereocenters. The van der Waals surface area contributed by atoms with E-state index in [2.05, 4.69) is 6.92 Å². The molecule has 1 rings (SSSR count). The van der Waals surface area contributed by atoms with Gasteiger partial charge in [-0.1, -0.05) is 135 Å². The highest BCUT2D eigenvalue weighted by atomic mass is 16.5. The van der Waals surface area contributed by atoms with E-state index >= 15 is 0 Å². The fourth-order valence-electron chi connectivity index (χ4n) is 4.35. The number of hydrogen-bond acceptors (Lipinski definition) is 3. The van der Waals surface area contributed by atoms with Gasteiger partial charge in [-0.3, -0.25) is 4.79 Å². The van der Waals surface area contributed by atoms with Crippen molar-refractivity contribution < 1.29 is 14.3 Å². The standard InChI is InChI=1S/C30H52O3/c1-3-4-5-6-7-8-9-10-11-12-13-14-15-16-17-18-19-20-21-25-30(31)33-27-28-23-22-24-29(26-28)32-2/h22-24,26H,3-21,25,27H2,1-2H3. The quantitative estimate of drug-likeness (QED) is 0.120. The Bertz CT molecular complexity index is 569. The summed E-state index contributed by atoms with van der Waals surface area (Å²) in [5.41, 5.74) is 0.968. The number of carbonyl (C=O) groups is 1. The molecule has 0 amide bonds. The molecule has 0 aromatic heterocycles. The summed E-state index contributed by atoms with van der Waals surface area (Å²) in [6, 6.07) is 7.67. The van der Waals surface area contributed by atoms with Crippen LogP contribution in [0.25, 0.3) is 0 Å². The summed E-state index contributed by atoms with van der Waals surface area (Å²) in [6.07, 6.45) is 26.4. The van der Waals surface area contributed by atoms with Crippen LogP contribution in [-0.4, -0.2) is 13.1 Å². The van der Waals surface area contributed by atoms with E-state index in [1.807, 2.05) is 24.3 Å². The van der Waals surface area contributed by atoms with E-state index in [1.165, 1.54) is 109 Å². The molecule has 0 spiro atoms. The van der Waals surface area contributed by atoms with Crippen molar-refractivity contribution in [1.82, 2.24) is 0 Å². The van der Waals surface area contributed by atoms with Crippen LogP contribution in [-0.2, 0) is 16.1 Å². The molecule has 0 heterocycles. The fourth-order valence-corrected chi connectivity index (χ4v) is 4.35. The molecule has 0 saturated heterocycles. The molecular weight excluding hydrogens is 408 g/mol. The highest BCUT2D eigenvalue weighted by molar-refractivity contribution is 5.69. The van der Waals surface area contributed by atoms with Crippen molar-refractivity contribution in [2.75, 3.05) is 7.11 Å². The maximum absolute atomic E-state index is 11.9. The minimum atomic E-state index is -0.0928. The molecule has 0 bridgehead atoms. The van der Waals surface area contributed by atoms with Gasteiger partial charge < -0.3 is 9.47 Å². The Morgan fingerprint density at radius 3 is 1.58 bits per heavy atom. The van der Waals surface area contributed by atoms with Gasteiger partial charge in [-0.25, -0.2) is 0 Å². The van der Waals surface area contributed by atoms with Gasteiger partial charge in [0.15, 0.2) is 0 Å². The lowest BCUT2D eigenvalue weighted by atomic mass is 10.0. The lowest BCUT2D eigenvalue weighted by molar-refractivity contribution is -0.145. The van der Waals surface area contributed by atoms with E-state index in [-0.39, 0.29) is 5.97 Å². The number of ether oxygens (including phenoxy) is 2. The molecule has 0 atom stereocenters. The Morgan fingerprint density at radius 1 is 0.667 bits per heavy atom. The second-order valence-corrected chi connectivity index (χ2v) is 9.63. The molecule has 1 aromatic carbocycles. The monoisotopic (exact) mass is 460 g/mol. The second-order valence-electron chi connectivity index (χ2n) is 9.63. The van der Waals surface area contributed by atoms with Crippen LogP contribution in [0.2, 0.25) is 0 Å². The molecule has 0 fully saturated rings. The number of rotatable bonds is 23. The first-order chi connectivity index (χ1) is 16.3. The van der Waals surface area contributed by atoms with Crippen LogP contribution < -0.4 is 4.74 Å². The fraction of sp³-hybridized carbons (Fsp3) is 0.767. The molecule has 0 radical (unpaired) electrons. The second kappa shape index (κ2) is 22.3. The third-order valence-electron chi connectivity index (χ3n) is 6.52. The van der Waals surface area contributed by atoms with Crippen molar-refractivity contribution >= 4 is 5.97 Å². The highest BCUT2D eigenvalue weighted by Gasteiger charge is 2.04. The van der Waals surface area contributed by atoms with Gasteiger partial charge in [-0.2, -0.15) is 0 Å². The number of carbonyl (C=O) groups excluding carboxylic acids is 1. The van der Waals surface area contributed by atoms with Crippen LogP contribution >= 0.6 is 0 Å². The van der Waals surface area contributed by atoms with E-state index < -0.39 is 0 Å². The van der Waals surface area contributed by atoms with Gasteiger partial charge in [0.25, 0.3) is 0 Å². The lowest BCUT2D eigenvalue weighted by Gasteiger charge is -2.07. The van der Waals surface area contributed by atoms with Crippen molar-refractivity contribution in [3.63, 3.8) is 0 Å². The van der Waals surface area contributed by atoms with Crippen LogP contribution in [0.4, 0.5) is 0 Å². The number of benzene rings is 1. The third kappa shape index (κ3) is 18.6. The highest BCUT2D eigenvalue weighted by Crippen LogP contribution is 2.16. The van der Waals surface area contributed by atoms with Crippen LogP contribution in [0.3, 0.4) is 0 Å². The molecule has 1 aromatic rings. The van der Waals surface area contributed by atoms with Gasteiger partial charge in [0, 0.05) is 6.42 Å². The predicted octanol–water partition coefficient (Wildman–Crippen LogP) is 9.56. The van der Waals surface area contributed by atoms with Crippen molar-refractivity contribution in [2.24, 2.45) is 0 Å². The summed E-state index contributed by atoms with van der Waals surface area (Å²) >= 11 is 0. The summed E-state index contributed by atoms with van der Waals surface area (Å²) in [4.78, 5) is 11.9. The van der Waals surface area contributed by atoms with Crippen molar-refractivity contribution in [1.29, 1.82) is 0 Å². The van der Waals surface area contributed by atoms with Crippen molar-refractivity contribution in [3.05, 3.63) is 29.8 Å². The van der Waals surface area contributed by atoms with Crippen LogP contribution in [0.15, 0.2) is 24.3 Å². The predicted molar refractivity (Wildman–Crippen MR) is 141 cm³/mol. The minimum absolute atomic E-state index is 0.0928. The van der Waals surface area contributed by atoms with Gasteiger partial charge in [0.05, 0.1) is 7.11 Å². The van der Waals surface area contributed by atoms with Crippen LogP contribution in [0.5, 0.6) is 5.75 Å². The molecule has 0 saturated carbocycles. The molecule has 3 nitrogen and oxygen atoms in total. The van der Waals surface area contributed by atoms with E-state index in [0.29, 0.717) is 13.0 Å². The van der Waals surface area contributed by atoms with E-state index in [0.717, 1.165) is 24.2 Å². The third-order valence-corrected chi connectivity index (χ3v) is 6.52. The number of hydrogen-bond donors (Lipinski definition) is 0. The van der Waals surface area contributed by atoms with Crippen LogP contribution in [0, 0.1) is 0 Å². The maximum Gasteiger partial charge on any atom is 0.306 e. The van der Waals surface area contributed by atoms with Crippen molar-refractivity contribution in [3.8, 4) is 5.75 Å². The van der Waals surface area contributed by atoms with E-state index in [9.17, 15) is 4.79 Å². The topological polar surface area (TPSA) is 35.5 Å². The Balaban J connectivity index is 1.77. The SMILES string of the molecule is CCCCCCCCCCCCCCCCCCCCCC(=O)OCc1cccc(OC)c1. The van der Waals surface area contributed by atoms with Crippen LogP contribution in [0.1, 0.15) is 141 Å². The first kappa shape index (κ1) is 29.5. The first-order valence-electron chi connectivity index (χ1n) is 14.0. The number of esters is 1. The first-order valence-corrected chi connectivity index (χ1v) is 14.0. The molecular formula is C30H52O3. The molecule has 190 valence electrons. The molecule has 3 heteroatoms. The zero-order valence-electron chi connectivity index (χ0n) is 21.9. The molecule has 0 aliphatic carbocycles. The zero-order valence-corrected chi connectivity index (χ0v) is 21.9. The molecule has 0 aliphatic rings. The van der Waals surface area contributed by atoms with Gasteiger partial charge in [-0.15, -0.1) is 0 Å². The van der Waals surface area contributed by atoms with E-state index in [4.69, 9.17) is 9.47 Å². The average molecular weight is 461 g/mol. The number of methoxy groups -OCH3 is 1.